The third-order valence-electron chi connectivity index (χ3n) is 6.98. The van der Waals surface area contributed by atoms with Crippen LogP contribution in [-0.4, -0.2) is 62.7 Å². The molecule has 12 heteroatoms. The molecule has 3 aromatic carbocycles. The molecule has 0 saturated carbocycles. The first kappa shape index (κ1) is 31.5. The highest BCUT2D eigenvalue weighted by atomic mass is 16.7. The minimum atomic E-state index is -1.46. The summed E-state index contributed by atoms with van der Waals surface area (Å²) >= 11 is 0. The van der Waals surface area contributed by atoms with Gasteiger partial charge in [-0.3, -0.25) is 10.2 Å². The molecule has 1 aliphatic rings. The molecule has 0 bridgehead atoms. The molecule has 1 amide bonds. The van der Waals surface area contributed by atoms with Gasteiger partial charge in [0.25, 0.3) is 5.91 Å². The number of benzene rings is 3. The molecule has 0 unspecified atom stereocenters. The molecule has 4 rings (SSSR count). The Morgan fingerprint density at radius 2 is 1.81 bits per heavy atom. The van der Waals surface area contributed by atoms with Crippen LogP contribution in [0.2, 0.25) is 0 Å². The van der Waals surface area contributed by atoms with Gasteiger partial charge in [0.15, 0.2) is 17.9 Å². The first-order valence-corrected chi connectivity index (χ1v) is 13.9. The number of carbonyl (C=O) groups excluding carboxylic acids is 1. The van der Waals surface area contributed by atoms with Crippen molar-refractivity contribution in [3.63, 3.8) is 0 Å². The van der Waals surface area contributed by atoms with Crippen LogP contribution in [0.25, 0.3) is 10.4 Å². The van der Waals surface area contributed by atoms with Gasteiger partial charge in [-0.25, -0.2) is 10.4 Å². The maximum atomic E-state index is 14.3. The molecule has 0 aliphatic carbocycles. The standard InChI is InChI=1S/C31H36N6O6/c1-40-27(41-2)21-33-36-30(39)31(19-22-9-4-3-5-10-22)28(26-12-7-6-11-24(26)20-34-37-32)43-29(35-31)23-13-15-25(16-14-23)42-18-8-17-38/h3-7,9-16,27-28,33,38H,8,17-21H2,1-2H3,(H,36,39)/t28-,31-/m0/s1. The fourth-order valence-electron chi connectivity index (χ4n) is 4.79. The molecule has 3 N–H and O–H groups in total. The van der Waals surface area contributed by atoms with Crippen LogP contribution in [0.4, 0.5) is 0 Å². The monoisotopic (exact) mass is 588 g/mol. The largest absolute Gasteiger partial charge is 0.494 e. The Labute approximate surface area is 250 Å². The second-order valence-electron chi connectivity index (χ2n) is 9.78. The van der Waals surface area contributed by atoms with Gasteiger partial charge in [0.2, 0.25) is 5.90 Å². The van der Waals surface area contributed by atoms with Crippen molar-refractivity contribution in [1.82, 2.24) is 10.9 Å². The molecule has 0 saturated heterocycles. The predicted molar refractivity (Wildman–Crippen MR) is 160 cm³/mol. The van der Waals surface area contributed by atoms with Gasteiger partial charge < -0.3 is 24.1 Å². The van der Waals surface area contributed by atoms with Gasteiger partial charge in [-0.2, -0.15) is 0 Å². The van der Waals surface area contributed by atoms with E-state index in [9.17, 15) is 4.79 Å². The van der Waals surface area contributed by atoms with Crippen molar-refractivity contribution < 1.29 is 28.8 Å². The topological polar surface area (TPSA) is 159 Å². The summed E-state index contributed by atoms with van der Waals surface area (Å²) < 4.78 is 22.7. The summed E-state index contributed by atoms with van der Waals surface area (Å²) in [7, 11) is 3.02. The minimum absolute atomic E-state index is 0.0449. The molecule has 43 heavy (non-hydrogen) atoms. The number of nitrogens with one attached hydrogen (secondary N) is 2. The summed E-state index contributed by atoms with van der Waals surface area (Å²) in [6.07, 6.45) is -0.709. The zero-order valence-corrected chi connectivity index (χ0v) is 24.2. The summed E-state index contributed by atoms with van der Waals surface area (Å²) in [5.74, 6) is 0.489. The van der Waals surface area contributed by atoms with E-state index in [4.69, 9.17) is 34.6 Å². The Morgan fingerprint density at radius 3 is 2.51 bits per heavy atom. The lowest BCUT2D eigenvalue weighted by molar-refractivity contribution is -0.131. The number of rotatable bonds is 16. The lowest BCUT2D eigenvalue weighted by atomic mass is 9.81. The van der Waals surface area contributed by atoms with Crippen molar-refractivity contribution in [2.45, 2.75) is 37.3 Å². The summed E-state index contributed by atoms with van der Waals surface area (Å²) in [5, 5.41) is 12.8. The summed E-state index contributed by atoms with van der Waals surface area (Å²) in [6, 6.07) is 24.2. The number of nitrogens with zero attached hydrogens (tertiary/aromatic N) is 4. The Balaban J connectivity index is 1.78. The van der Waals surface area contributed by atoms with Crippen LogP contribution in [0.15, 0.2) is 89.0 Å². The van der Waals surface area contributed by atoms with E-state index >= 15 is 0 Å². The van der Waals surface area contributed by atoms with E-state index in [1.54, 1.807) is 12.1 Å². The van der Waals surface area contributed by atoms with E-state index in [2.05, 4.69) is 20.9 Å². The van der Waals surface area contributed by atoms with E-state index in [0.29, 0.717) is 35.5 Å². The third kappa shape index (κ3) is 7.89. The molecule has 1 heterocycles. The number of hydrogen-bond donors (Lipinski definition) is 3. The molecule has 3 aromatic rings. The predicted octanol–water partition coefficient (Wildman–Crippen LogP) is 4.00. The lowest BCUT2D eigenvalue weighted by Gasteiger charge is -2.32. The number of ether oxygens (including phenoxy) is 4. The lowest BCUT2D eigenvalue weighted by Crippen LogP contribution is -2.55. The third-order valence-corrected chi connectivity index (χ3v) is 6.98. The number of aliphatic imine (C=N–C) groups is 1. The van der Waals surface area contributed by atoms with Gasteiger partial charge in [-0.1, -0.05) is 59.7 Å². The van der Waals surface area contributed by atoms with Crippen molar-refractivity contribution in [3.8, 4) is 5.75 Å². The highest BCUT2D eigenvalue weighted by Crippen LogP contribution is 2.43. The number of hydrazine groups is 1. The zero-order valence-electron chi connectivity index (χ0n) is 24.2. The van der Waals surface area contributed by atoms with E-state index in [0.717, 1.165) is 5.56 Å². The van der Waals surface area contributed by atoms with Crippen molar-refractivity contribution in [2.75, 3.05) is 34.0 Å². The van der Waals surface area contributed by atoms with Gasteiger partial charge in [-0.05, 0) is 46.5 Å². The van der Waals surface area contributed by atoms with E-state index in [1.165, 1.54) is 14.2 Å². The molecule has 1 aliphatic heterocycles. The molecule has 0 radical (unpaired) electrons. The van der Waals surface area contributed by atoms with Crippen molar-refractivity contribution >= 4 is 11.8 Å². The molecule has 12 nitrogen and oxygen atoms in total. The quantitative estimate of drug-likeness (QED) is 0.0570. The highest BCUT2D eigenvalue weighted by molar-refractivity contribution is 6.01. The number of amides is 1. The first-order valence-electron chi connectivity index (χ1n) is 13.9. The fourth-order valence-corrected chi connectivity index (χ4v) is 4.79. The SMILES string of the molecule is COC(CNNC(=O)[C@@]1(Cc2ccccc2)N=C(c2ccc(OCCCO)cc2)O[C@H]1c1ccccc1CN=[N+]=[N-])OC. The molecule has 0 aromatic heterocycles. The maximum Gasteiger partial charge on any atom is 0.266 e. The molecule has 0 spiro atoms. The summed E-state index contributed by atoms with van der Waals surface area (Å²) in [5.41, 5.74) is 16.2. The van der Waals surface area contributed by atoms with Crippen LogP contribution in [0.3, 0.4) is 0 Å². The van der Waals surface area contributed by atoms with Crippen molar-refractivity contribution in [1.29, 1.82) is 0 Å². The number of aliphatic hydroxyl groups is 1. The molecule has 226 valence electrons. The van der Waals surface area contributed by atoms with Crippen LogP contribution in [-0.2, 0) is 32.0 Å². The Morgan fingerprint density at radius 1 is 1.09 bits per heavy atom. The van der Waals surface area contributed by atoms with E-state index in [-0.39, 0.29) is 32.0 Å². The average molecular weight is 589 g/mol. The van der Waals surface area contributed by atoms with Gasteiger partial charge in [-0.15, -0.1) is 0 Å². The normalized spacial score (nSPS) is 17.6. The number of methoxy groups -OCH3 is 2. The number of azide groups is 1. The number of carbonyl (C=O) groups is 1. The van der Waals surface area contributed by atoms with Gasteiger partial charge in [0.05, 0.1) is 19.7 Å². The van der Waals surface area contributed by atoms with Gasteiger partial charge >= 0.3 is 0 Å². The summed E-state index contributed by atoms with van der Waals surface area (Å²) in [6.45, 7) is 0.695. The molecule has 0 fully saturated rings. The minimum Gasteiger partial charge on any atom is -0.494 e. The first-order chi connectivity index (χ1) is 21.0. The van der Waals surface area contributed by atoms with Crippen molar-refractivity contribution in [2.24, 2.45) is 10.1 Å². The molecular weight excluding hydrogens is 552 g/mol. The van der Waals surface area contributed by atoms with E-state index in [1.807, 2.05) is 66.7 Å². The zero-order chi connectivity index (χ0) is 30.5. The van der Waals surface area contributed by atoms with Gasteiger partial charge in [0.1, 0.15) is 5.75 Å². The second-order valence-corrected chi connectivity index (χ2v) is 9.78. The van der Waals surface area contributed by atoms with Crippen LogP contribution >= 0.6 is 0 Å². The molecule has 2 atom stereocenters. The smallest absolute Gasteiger partial charge is 0.266 e. The van der Waals surface area contributed by atoms with E-state index < -0.39 is 23.8 Å². The second kappa shape index (κ2) is 15.7. The maximum absolute atomic E-state index is 14.3. The Hall–Kier alpha value is -4.45. The Kier molecular flexibility index (Phi) is 11.5. The van der Waals surface area contributed by atoms with Crippen LogP contribution in [0, 0.1) is 0 Å². The highest BCUT2D eigenvalue weighted by Gasteiger charge is 2.54. The average Bonchev–Trinajstić information content (AvgIpc) is 3.43. The summed E-state index contributed by atoms with van der Waals surface area (Å²) in [4.78, 5) is 22.2. The van der Waals surface area contributed by atoms with Crippen LogP contribution < -0.4 is 15.6 Å². The fraction of sp³-hybridized carbons (Fsp3) is 0.355. The molecular formula is C31H36N6O6. The number of aliphatic hydroxyl groups excluding tert-OH is 1. The Bertz CT molecular complexity index is 1410. The van der Waals surface area contributed by atoms with Crippen LogP contribution in [0.1, 0.15) is 34.8 Å². The van der Waals surface area contributed by atoms with Crippen LogP contribution in [0.5, 0.6) is 5.75 Å². The van der Waals surface area contributed by atoms with Gasteiger partial charge in [0, 0.05) is 44.1 Å². The number of hydrogen-bond acceptors (Lipinski definition) is 9. The van der Waals surface area contributed by atoms with Crippen molar-refractivity contribution in [3.05, 3.63) is 112 Å².